The molecule has 1 amide bonds. The predicted octanol–water partition coefficient (Wildman–Crippen LogP) is 3.60. The first-order chi connectivity index (χ1) is 15.6. The van der Waals surface area contributed by atoms with Gasteiger partial charge in [-0.3, -0.25) is 0 Å². The SMILES string of the molecule is O=C(NC1CCC(O)CC1)Oc1cnn2ccc(N3CCC[C@@H]3c3cccc(F)c3)nc12. The molecule has 32 heavy (non-hydrogen) atoms. The van der Waals surface area contributed by atoms with E-state index in [0.717, 1.165) is 43.6 Å². The van der Waals surface area contributed by atoms with Gasteiger partial charge in [0.2, 0.25) is 5.65 Å². The smallest absolute Gasteiger partial charge is 0.405 e. The van der Waals surface area contributed by atoms with Crippen molar-refractivity contribution in [3.05, 3.63) is 54.1 Å². The minimum atomic E-state index is -0.549. The van der Waals surface area contributed by atoms with Gasteiger partial charge in [-0.15, -0.1) is 0 Å². The van der Waals surface area contributed by atoms with Crippen LogP contribution in [0.3, 0.4) is 0 Å². The molecule has 2 aromatic heterocycles. The predicted molar refractivity (Wildman–Crippen MR) is 116 cm³/mol. The fourth-order valence-corrected chi connectivity index (χ4v) is 4.69. The van der Waals surface area contributed by atoms with Crippen LogP contribution < -0.4 is 15.0 Å². The lowest BCUT2D eigenvalue weighted by Crippen LogP contribution is -2.40. The second-order valence-corrected chi connectivity index (χ2v) is 8.51. The average molecular weight is 439 g/mol. The Hall–Kier alpha value is -3.20. The van der Waals surface area contributed by atoms with E-state index in [4.69, 9.17) is 9.72 Å². The van der Waals surface area contributed by atoms with Crippen LogP contribution in [-0.2, 0) is 0 Å². The van der Waals surface area contributed by atoms with Crippen molar-refractivity contribution in [1.29, 1.82) is 0 Å². The number of carbonyl (C=O) groups excluding carboxylic acids is 1. The van der Waals surface area contributed by atoms with Crippen LogP contribution in [0, 0.1) is 5.82 Å². The third kappa shape index (κ3) is 4.25. The van der Waals surface area contributed by atoms with Crippen molar-refractivity contribution in [2.75, 3.05) is 11.4 Å². The van der Waals surface area contributed by atoms with Crippen molar-refractivity contribution < 1.29 is 19.0 Å². The summed E-state index contributed by atoms with van der Waals surface area (Å²) < 4.78 is 20.8. The number of halogens is 1. The van der Waals surface area contributed by atoms with E-state index in [1.165, 1.54) is 12.3 Å². The van der Waals surface area contributed by atoms with Crippen molar-refractivity contribution >= 4 is 17.6 Å². The summed E-state index contributed by atoms with van der Waals surface area (Å²) in [6.45, 7) is 0.808. The van der Waals surface area contributed by atoms with Gasteiger partial charge in [0.1, 0.15) is 11.6 Å². The Morgan fingerprint density at radius 1 is 1.19 bits per heavy atom. The number of rotatable bonds is 4. The van der Waals surface area contributed by atoms with Crippen molar-refractivity contribution in [3.8, 4) is 5.75 Å². The second kappa shape index (κ2) is 8.74. The number of amides is 1. The van der Waals surface area contributed by atoms with Crippen molar-refractivity contribution in [2.45, 2.75) is 56.7 Å². The largest absolute Gasteiger partial charge is 0.413 e. The lowest BCUT2D eigenvalue weighted by atomic mass is 9.93. The van der Waals surface area contributed by atoms with Gasteiger partial charge in [-0.05, 0) is 62.3 Å². The molecule has 1 aliphatic carbocycles. The quantitative estimate of drug-likeness (QED) is 0.645. The molecule has 5 rings (SSSR count). The molecule has 1 atom stereocenters. The molecule has 0 bridgehead atoms. The van der Waals surface area contributed by atoms with E-state index in [1.54, 1.807) is 22.8 Å². The average Bonchev–Trinajstić information content (AvgIpc) is 3.43. The third-order valence-electron chi connectivity index (χ3n) is 6.32. The monoisotopic (exact) mass is 439 g/mol. The number of aliphatic hydroxyl groups excluding tert-OH is 1. The van der Waals surface area contributed by atoms with Crippen LogP contribution in [0.15, 0.2) is 42.7 Å². The molecule has 1 saturated carbocycles. The Labute approximate surface area is 185 Å². The normalized spacial score (nSPS) is 23.4. The zero-order chi connectivity index (χ0) is 22.1. The van der Waals surface area contributed by atoms with E-state index in [2.05, 4.69) is 15.3 Å². The number of nitrogens with zero attached hydrogens (tertiary/aromatic N) is 4. The number of fused-ring (bicyclic) bond motifs is 1. The molecule has 0 unspecified atom stereocenters. The first-order valence-corrected chi connectivity index (χ1v) is 11.1. The molecule has 168 valence electrons. The molecule has 1 aromatic carbocycles. The van der Waals surface area contributed by atoms with Gasteiger partial charge in [0.05, 0.1) is 18.3 Å². The van der Waals surface area contributed by atoms with Gasteiger partial charge in [-0.1, -0.05) is 12.1 Å². The Morgan fingerprint density at radius 3 is 2.84 bits per heavy atom. The van der Waals surface area contributed by atoms with Gasteiger partial charge < -0.3 is 20.1 Å². The molecule has 2 fully saturated rings. The number of nitrogens with one attached hydrogen (secondary N) is 1. The van der Waals surface area contributed by atoms with Crippen LogP contribution in [0.5, 0.6) is 5.75 Å². The summed E-state index contributed by atoms with van der Waals surface area (Å²) in [4.78, 5) is 19.3. The summed E-state index contributed by atoms with van der Waals surface area (Å²) in [6, 6.07) is 8.59. The minimum absolute atomic E-state index is 0.00659. The van der Waals surface area contributed by atoms with E-state index in [1.807, 2.05) is 12.1 Å². The minimum Gasteiger partial charge on any atom is -0.405 e. The maximum atomic E-state index is 13.8. The molecule has 3 heterocycles. The van der Waals surface area contributed by atoms with Gasteiger partial charge >= 0.3 is 6.09 Å². The fourth-order valence-electron chi connectivity index (χ4n) is 4.69. The number of anilines is 1. The highest BCUT2D eigenvalue weighted by atomic mass is 19.1. The molecule has 0 radical (unpaired) electrons. The highest BCUT2D eigenvalue weighted by Crippen LogP contribution is 2.36. The van der Waals surface area contributed by atoms with Crippen molar-refractivity contribution in [2.24, 2.45) is 0 Å². The van der Waals surface area contributed by atoms with Crippen LogP contribution in [-0.4, -0.2) is 44.5 Å². The lowest BCUT2D eigenvalue weighted by Gasteiger charge is -2.26. The summed E-state index contributed by atoms with van der Waals surface area (Å²) in [5.41, 5.74) is 1.37. The first kappa shape index (κ1) is 20.7. The summed E-state index contributed by atoms with van der Waals surface area (Å²) in [7, 11) is 0. The number of aromatic nitrogens is 3. The van der Waals surface area contributed by atoms with Crippen LogP contribution in [0.4, 0.5) is 15.0 Å². The topological polar surface area (TPSA) is 92.0 Å². The molecule has 8 nitrogen and oxygen atoms in total. The van der Waals surface area contributed by atoms with E-state index >= 15 is 0 Å². The molecular formula is C23H26FN5O3. The maximum Gasteiger partial charge on any atom is 0.413 e. The fraction of sp³-hybridized carbons (Fsp3) is 0.435. The second-order valence-electron chi connectivity index (χ2n) is 8.51. The van der Waals surface area contributed by atoms with Gasteiger partial charge in [-0.2, -0.15) is 5.10 Å². The number of hydrogen-bond donors (Lipinski definition) is 2. The van der Waals surface area contributed by atoms with Crippen LogP contribution in [0.1, 0.15) is 50.1 Å². The Kier molecular flexibility index (Phi) is 5.65. The summed E-state index contributed by atoms with van der Waals surface area (Å²) in [5.74, 6) is 0.765. The van der Waals surface area contributed by atoms with Gasteiger partial charge in [-0.25, -0.2) is 18.7 Å². The van der Waals surface area contributed by atoms with E-state index < -0.39 is 6.09 Å². The van der Waals surface area contributed by atoms with E-state index in [0.29, 0.717) is 18.5 Å². The molecule has 3 aromatic rings. The zero-order valence-corrected chi connectivity index (χ0v) is 17.7. The number of ether oxygens (including phenoxy) is 1. The third-order valence-corrected chi connectivity index (χ3v) is 6.32. The summed E-state index contributed by atoms with van der Waals surface area (Å²) >= 11 is 0. The summed E-state index contributed by atoms with van der Waals surface area (Å²) in [5, 5.41) is 16.7. The molecular weight excluding hydrogens is 413 g/mol. The summed E-state index contributed by atoms with van der Waals surface area (Å²) in [6.07, 6.45) is 7.13. The molecule has 2 N–H and O–H groups in total. The first-order valence-electron chi connectivity index (χ1n) is 11.1. The van der Waals surface area contributed by atoms with Gasteiger partial charge in [0, 0.05) is 18.8 Å². The van der Waals surface area contributed by atoms with Crippen molar-refractivity contribution in [1.82, 2.24) is 19.9 Å². The van der Waals surface area contributed by atoms with E-state index in [-0.39, 0.29) is 29.8 Å². The molecule has 9 heteroatoms. The Morgan fingerprint density at radius 2 is 2.03 bits per heavy atom. The Bertz CT molecular complexity index is 1110. The zero-order valence-electron chi connectivity index (χ0n) is 17.7. The number of aliphatic hydroxyl groups is 1. The van der Waals surface area contributed by atoms with Crippen LogP contribution >= 0.6 is 0 Å². The van der Waals surface area contributed by atoms with Gasteiger partial charge in [0.15, 0.2) is 5.75 Å². The number of carbonyl (C=O) groups is 1. The number of benzene rings is 1. The van der Waals surface area contributed by atoms with Crippen LogP contribution in [0.2, 0.25) is 0 Å². The van der Waals surface area contributed by atoms with Crippen LogP contribution in [0.25, 0.3) is 5.65 Å². The maximum absolute atomic E-state index is 13.8. The molecule has 0 spiro atoms. The molecule has 1 saturated heterocycles. The standard InChI is InChI=1S/C23H26FN5O3/c24-16-4-1-3-15(13-16)19-5-2-11-28(19)21-10-12-29-22(27-21)20(14-25-29)32-23(31)26-17-6-8-18(30)9-7-17/h1,3-4,10,12-14,17-19,30H,2,5-9,11H2,(H,26,31)/t17?,18?,19-/m1/s1. The Balaban J connectivity index is 1.34. The van der Waals surface area contributed by atoms with E-state index in [9.17, 15) is 14.3 Å². The number of hydrogen-bond acceptors (Lipinski definition) is 6. The molecule has 1 aliphatic heterocycles. The van der Waals surface area contributed by atoms with Gasteiger partial charge in [0.25, 0.3) is 0 Å². The highest BCUT2D eigenvalue weighted by molar-refractivity contribution is 5.73. The lowest BCUT2D eigenvalue weighted by molar-refractivity contribution is 0.115. The van der Waals surface area contributed by atoms with Crippen molar-refractivity contribution in [3.63, 3.8) is 0 Å². The highest BCUT2D eigenvalue weighted by Gasteiger charge is 2.28. The molecule has 2 aliphatic rings.